The summed E-state index contributed by atoms with van der Waals surface area (Å²) in [7, 11) is -7.28. The summed E-state index contributed by atoms with van der Waals surface area (Å²) in [6.07, 6.45) is -0.630. The molecule has 1 N–H and O–H groups in total. The SMILES string of the molecule is Cc1cc(S(=O)(=O)CCc2cccnc2)ccc1CCS(=O)(=O)N1CCC2(CC1)N=C(c1cccc(C(F)(F)F)c1)NC2=O. The summed E-state index contributed by atoms with van der Waals surface area (Å²) in [5, 5.41) is 2.58. The molecule has 3 aromatic rings. The van der Waals surface area contributed by atoms with Crippen LogP contribution in [-0.4, -0.2) is 68.0 Å². The average molecular weight is 649 g/mol. The summed E-state index contributed by atoms with van der Waals surface area (Å²) in [5.41, 5.74) is 0.210. The number of aliphatic imine (C=N–C) groups is 1. The standard InChI is InChI=1S/C30H31F3N4O5S2/c1-21-18-26(43(39,40)16-9-22-4-3-13-34-20-22)8-7-23(21)10-17-44(41,42)37-14-11-29(12-15-37)28(38)35-27(36-29)24-5-2-6-25(19-24)30(31,32)33/h2-8,13,18-20H,9-12,14-17H2,1H3,(H,35,36,38). The first-order valence-corrected chi connectivity index (χ1v) is 17.2. The van der Waals surface area contributed by atoms with E-state index in [1.807, 2.05) is 6.07 Å². The monoisotopic (exact) mass is 648 g/mol. The van der Waals surface area contributed by atoms with Gasteiger partial charge in [-0.25, -0.2) is 21.1 Å². The topological polar surface area (TPSA) is 126 Å². The Morgan fingerprint density at radius 3 is 2.36 bits per heavy atom. The third-order valence-electron chi connectivity index (χ3n) is 8.07. The Hall–Kier alpha value is -3.62. The molecule has 0 saturated carbocycles. The number of aromatic nitrogens is 1. The molecule has 1 amide bonds. The number of sulfone groups is 1. The highest BCUT2D eigenvalue weighted by atomic mass is 32.2. The molecule has 0 unspecified atom stereocenters. The van der Waals surface area contributed by atoms with Gasteiger partial charge in [0.25, 0.3) is 5.91 Å². The van der Waals surface area contributed by atoms with Crippen LogP contribution in [0.3, 0.4) is 0 Å². The van der Waals surface area contributed by atoms with Crippen molar-refractivity contribution in [2.24, 2.45) is 4.99 Å². The number of hydrogen-bond acceptors (Lipinski definition) is 7. The fourth-order valence-corrected chi connectivity index (χ4v) is 8.24. The largest absolute Gasteiger partial charge is 0.416 e. The zero-order valence-corrected chi connectivity index (χ0v) is 25.5. The van der Waals surface area contributed by atoms with E-state index in [0.29, 0.717) is 17.5 Å². The van der Waals surface area contributed by atoms with E-state index in [0.717, 1.165) is 17.7 Å². The van der Waals surface area contributed by atoms with Gasteiger partial charge in [-0.3, -0.25) is 14.8 Å². The average Bonchev–Trinajstić information content (AvgIpc) is 3.30. The van der Waals surface area contributed by atoms with Crippen molar-refractivity contribution in [1.29, 1.82) is 0 Å². The van der Waals surface area contributed by atoms with E-state index in [9.17, 15) is 34.8 Å². The van der Waals surface area contributed by atoms with Gasteiger partial charge in [0.15, 0.2) is 9.84 Å². The van der Waals surface area contributed by atoms with E-state index in [2.05, 4.69) is 15.3 Å². The minimum Gasteiger partial charge on any atom is -0.308 e. The van der Waals surface area contributed by atoms with Crippen LogP contribution in [0.25, 0.3) is 0 Å². The quantitative estimate of drug-likeness (QED) is 0.377. The molecule has 1 spiro atoms. The van der Waals surface area contributed by atoms with Crippen LogP contribution in [0.5, 0.6) is 0 Å². The van der Waals surface area contributed by atoms with E-state index in [1.54, 1.807) is 37.5 Å². The fourth-order valence-electron chi connectivity index (χ4n) is 5.40. The third kappa shape index (κ3) is 6.87. The van der Waals surface area contributed by atoms with Crippen molar-refractivity contribution < 1.29 is 34.8 Å². The summed E-state index contributed by atoms with van der Waals surface area (Å²) in [6.45, 7) is 1.80. The first kappa shape index (κ1) is 31.8. The van der Waals surface area contributed by atoms with Crippen LogP contribution in [-0.2, 0) is 43.7 Å². The molecule has 0 radical (unpaired) electrons. The first-order chi connectivity index (χ1) is 20.7. The number of hydrogen-bond donors (Lipinski definition) is 1. The number of halogens is 3. The second kappa shape index (κ2) is 12.1. The molecule has 0 atom stereocenters. The van der Waals surface area contributed by atoms with Crippen molar-refractivity contribution in [3.05, 3.63) is 94.8 Å². The molecule has 2 aliphatic rings. The molecule has 9 nitrogen and oxygen atoms in total. The number of benzene rings is 2. The molecule has 14 heteroatoms. The van der Waals surface area contributed by atoms with Gasteiger partial charge >= 0.3 is 6.18 Å². The zero-order chi connectivity index (χ0) is 31.8. The minimum atomic E-state index is -4.55. The van der Waals surface area contributed by atoms with Crippen molar-refractivity contribution in [1.82, 2.24) is 14.6 Å². The Morgan fingerprint density at radius 2 is 1.70 bits per heavy atom. The lowest BCUT2D eigenvalue weighted by Gasteiger charge is -2.34. The molecule has 234 valence electrons. The molecule has 0 aliphatic carbocycles. The van der Waals surface area contributed by atoms with Gasteiger partial charge in [-0.05, 0) is 79.6 Å². The number of carbonyl (C=O) groups is 1. The third-order valence-corrected chi connectivity index (χ3v) is 11.7. The summed E-state index contributed by atoms with van der Waals surface area (Å²) in [6, 6.07) is 12.8. The Kier molecular flexibility index (Phi) is 8.71. The summed E-state index contributed by atoms with van der Waals surface area (Å²) in [5.74, 6) is -0.714. The van der Waals surface area contributed by atoms with Crippen molar-refractivity contribution in [2.45, 2.75) is 49.2 Å². The number of amidine groups is 1. The van der Waals surface area contributed by atoms with Gasteiger partial charge in [-0.2, -0.15) is 13.2 Å². The van der Waals surface area contributed by atoms with Crippen molar-refractivity contribution in [3.8, 4) is 0 Å². The Bertz CT molecular complexity index is 1800. The molecule has 5 rings (SSSR count). The molecule has 3 heterocycles. The predicted molar refractivity (Wildman–Crippen MR) is 158 cm³/mol. The van der Waals surface area contributed by atoms with Crippen molar-refractivity contribution >= 4 is 31.6 Å². The lowest BCUT2D eigenvalue weighted by molar-refractivity contribution is -0.137. The van der Waals surface area contributed by atoms with Crippen LogP contribution in [0, 0.1) is 6.92 Å². The van der Waals surface area contributed by atoms with Crippen LogP contribution >= 0.6 is 0 Å². The molecule has 2 aliphatic heterocycles. The highest BCUT2D eigenvalue weighted by Gasteiger charge is 2.47. The van der Waals surface area contributed by atoms with E-state index in [4.69, 9.17) is 0 Å². The number of piperidine rings is 1. The maximum Gasteiger partial charge on any atom is 0.416 e. The maximum absolute atomic E-state index is 13.2. The van der Waals surface area contributed by atoms with Crippen LogP contribution in [0.4, 0.5) is 13.2 Å². The number of pyridine rings is 1. The molecule has 2 aromatic carbocycles. The number of carbonyl (C=O) groups excluding carboxylic acids is 1. The number of rotatable bonds is 9. The number of nitrogens with one attached hydrogen (secondary N) is 1. The zero-order valence-electron chi connectivity index (χ0n) is 23.8. The van der Waals surface area contributed by atoms with E-state index < -0.39 is 43.0 Å². The summed E-state index contributed by atoms with van der Waals surface area (Å²) >= 11 is 0. The molecule has 44 heavy (non-hydrogen) atoms. The maximum atomic E-state index is 13.2. The Balaban J connectivity index is 1.20. The molecule has 1 fully saturated rings. The first-order valence-electron chi connectivity index (χ1n) is 14.0. The number of alkyl halides is 3. The molecule has 0 bridgehead atoms. The van der Waals surface area contributed by atoms with Gasteiger partial charge in [0.2, 0.25) is 10.0 Å². The van der Waals surface area contributed by atoms with Gasteiger partial charge in [0.05, 0.1) is 22.0 Å². The van der Waals surface area contributed by atoms with Crippen LogP contribution in [0.15, 0.2) is 76.9 Å². The normalized spacial score (nSPS) is 17.5. The number of nitrogens with zero attached hydrogens (tertiary/aromatic N) is 3. The van der Waals surface area contributed by atoms with Crippen LogP contribution in [0.2, 0.25) is 0 Å². The molecular weight excluding hydrogens is 617 g/mol. The van der Waals surface area contributed by atoms with E-state index in [-0.39, 0.29) is 60.2 Å². The second-order valence-corrected chi connectivity index (χ2v) is 15.2. The van der Waals surface area contributed by atoms with Gasteiger partial charge in [-0.15, -0.1) is 0 Å². The minimum absolute atomic E-state index is 0.0300. The highest BCUT2D eigenvalue weighted by molar-refractivity contribution is 7.91. The van der Waals surface area contributed by atoms with Crippen molar-refractivity contribution in [3.63, 3.8) is 0 Å². The van der Waals surface area contributed by atoms with Gasteiger partial charge in [0, 0.05) is 31.0 Å². The van der Waals surface area contributed by atoms with Gasteiger partial charge < -0.3 is 5.32 Å². The Labute approximate surface area is 254 Å². The fraction of sp³-hybridized carbons (Fsp3) is 0.367. The van der Waals surface area contributed by atoms with Gasteiger partial charge in [-0.1, -0.05) is 24.3 Å². The molecular formula is C30H31F3N4O5S2. The smallest absolute Gasteiger partial charge is 0.308 e. The summed E-state index contributed by atoms with van der Waals surface area (Å²) in [4.78, 5) is 21.5. The number of aryl methyl sites for hydroxylation is 3. The van der Waals surface area contributed by atoms with E-state index in [1.165, 1.54) is 22.5 Å². The molecule has 1 saturated heterocycles. The lowest BCUT2D eigenvalue weighted by atomic mass is 9.89. The van der Waals surface area contributed by atoms with Crippen LogP contribution < -0.4 is 5.32 Å². The lowest BCUT2D eigenvalue weighted by Crippen LogP contribution is -2.50. The predicted octanol–water partition coefficient (Wildman–Crippen LogP) is 3.71. The number of sulfonamides is 1. The number of amides is 1. The van der Waals surface area contributed by atoms with Crippen LogP contribution in [0.1, 0.15) is 40.7 Å². The highest BCUT2D eigenvalue weighted by Crippen LogP contribution is 2.34. The second-order valence-electron chi connectivity index (χ2n) is 11.0. The Morgan fingerprint density at radius 1 is 0.955 bits per heavy atom. The molecule has 1 aromatic heterocycles. The van der Waals surface area contributed by atoms with Gasteiger partial charge in [0.1, 0.15) is 11.4 Å². The van der Waals surface area contributed by atoms with E-state index >= 15 is 0 Å². The summed E-state index contributed by atoms with van der Waals surface area (Å²) < 4.78 is 92.9. The van der Waals surface area contributed by atoms with Crippen molar-refractivity contribution in [2.75, 3.05) is 24.6 Å².